The number of carbonyl (C=O) groups is 1. The van der Waals surface area contributed by atoms with Gasteiger partial charge < -0.3 is 5.32 Å². The van der Waals surface area contributed by atoms with E-state index in [2.05, 4.69) is 17.4 Å². The number of nitrogens with one attached hydrogen (secondary N) is 1. The summed E-state index contributed by atoms with van der Waals surface area (Å²) in [5.41, 5.74) is 2.99. The first-order chi connectivity index (χ1) is 16.4. The number of anilines is 1. The van der Waals surface area contributed by atoms with Crippen LogP contribution in [-0.2, 0) is 21.2 Å². The Morgan fingerprint density at radius 3 is 2.32 bits per heavy atom. The fraction of sp³-hybridized carbons (Fsp3) is 0.269. The Labute approximate surface area is 200 Å². The molecule has 1 aliphatic rings. The third-order valence-corrected chi connectivity index (χ3v) is 7.81. The molecule has 0 unspecified atom stereocenters. The summed E-state index contributed by atoms with van der Waals surface area (Å²) < 4.78 is 40.4. The van der Waals surface area contributed by atoms with Crippen molar-refractivity contribution in [3.05, 3.63) is 95.8 Å². The Balaban J connectivity index is 1.35. The van der Waals surface area contributed by atoms with Crippen molar-refractivity contribution in [1.29, 1.82) is 0 Å². The van der Waals surface area contributed by atoms with Gasteiger partial charge in [0.25, 0.3) is 0 Å². The van der Waals surface area contributed by atoms with Gasteiger partial charge in [-0.15, -0.1) is 0 Å². The monoisotopic (exact) mass is 481 g/mol. The highest BCUT2D eigenvalue weighted by Gasteiger charge is 2.27. The lowest BCUT2D eigenvalue weighted by atomic mass is 10.0. The number of halogens is 1. The summed E-state index contributed by atoms with van der Waals surface area (Å²) in [7, 11) is -3.70. The van der Waals surface area contributed by atoms with Crippen LogP contribution >= 0.6 is 0 Å². The van der Waals surface area contributed by atoms with Gasteiger partial charge in [0.15, 0.2) is 0 Å². The molecule has 1 amide bonds. The molecule has 34 heavy (non-hydrogen) atoms. The van der Waals surface area contributed by atoms with Gasteiger partial charge in [0.1, 0.15) is 5.82 Å². The van der Waals surface area contributed by atoms with E-state index in [0.717, 1.165) is 29.8 Å². The van der Waals surface area contributed by atoms with Crippen LogP contribution in [0.15, 0.2) is 83.8 Å². The number of amides is 1. The maximum atomic E-state index is 13.2. The van der Waals surface area contributed by atoms with Gasteiger partial charge in [0.05, 0.1) is 11.4 Å². The lowest BCUT2D eigenvalue weighted by molar-refractivity contribution is -0.117. The van der Waals surface area contributed by atoms with Crippen molar-refractivity contribution >= 4 is 21.6 Å². The van der Waals surface area contributed by atoms with Crippen molar-refractivity contribution in [3.8, 4) is 0 Å². The molecule has 0 saturated carbocycles. The third kappa shape index (κ3) is 6.08. The minimum atomic E-state index is -3.70. The van der Waals surface area contributed by atoms with E-state index in [-0.39, 0.29) is 23.9 Å². The van der Waals surface area contributed by atoms with Gasteiger partial charge >= 0.3 is 0 Å². The van der Waals surface area contributed by atoms with Gasteiger partial charge in [-0.3, -0.25) is 9.69 Å². The molecule has 1 saturated heterocycles. The Morgan fingerprint density at radius 2 is 1.56 bits per heavy atom. The average molecular weight is 482 g/mol. The summed E-state index contributed by atoms with van der Waals surface area (Å²) in [6.07, 6.45) is 1.33. The van der Waals surface area contributed by atoms with E-state index in [9.17, 15) is 17.6 Å². The molecule has 0 aromatic heterocycles. The second kappa shape index (κ2) is 10.9. The van der Waals surface area contributed by atoms with Crippen molar-refractivity contribution in [2.45, 2.75) is 17.7 Å². The Hall–Kier alpha value is -3.07. The summed E-state index contributed by atoms with van der Waals surface area (Å²) in [5.74, 6) is -0.604. The normalized spacial score (nSPS) is 15.6. The van der Waals surface area contributed by atoms with E-state index in [1.165, 1.54) is 22.0 Å². The fourth-order valence-electron chi connectivity index (χ4n) is 4.11. The van der Waals surface area contributed by atoms with Crippen LogP contribution < -0.4 is 5.32 Å². The third-order valence-electron chi connectivity index (χ3n) is 5.89. The van der Waals surface area contributed by atoms with Crippen molar-refractivity contribution in [1.82, 2.24) is 9.21 Å². The standard InChI is InChI=1S/C26H28FN3O3S/c27-23-11-13-24(14-12-23)34(32,33)30-16-6-15-29(17-18-30)20-26(31)28-25-10-5-4-9-22(25)19-21-7-2-1-3-8-21/h1-5,7-14H,6,15-20H2,(H,28,31). The number of para-hydroxylation sites is 1. The van der Waals surface area contributed by atoms with E-state index >= 15 is 0 Å². The zero-order valence-corrected chi connectivity index (χ0v) is 19.7. The topological polar surface area (TPSA) is 69.7 Å². The van der Waals surface area contributed by atoms with Crippen molar-refractivity contribution in [2.75, 3.05) is 38.0 Å². The number of hydrogen-bond acceptors (Lipinski definition) is 4. The van der Waals surface area contributed by atoms with E-state index in [4.69, 9.17) is 0 Å². The summed E-state index contributed by atoms with van der Waals surface area (Å²) >= 11 is 0. The SMILES string of the molecule is O=C(CN1CCCN(S(=O)(=O)c2ccc(F)cc2)CC1)Nc1ccccc1Cc1ccccc1. The van der Waals surface area contributed by atoms with E-state index < -0.39 is 15.8 Å². The molecule has 0 aliphatic carbocycles. The molecule has 0 spiro atoms. The molecule has 1 fully saturated rings. The molecule has 1 aliphatic heterocycles. The molecule has 4 rings (SSSR count). The maximum absolute atomic E-state index is 13.2. The summed E-state index contributed by atoms with van der Waals surface area (Å²) in [5, 5.41) is 3.02. The van der Waals surface area contributed by atoms with Crippen molar-refractivity contribution < 1.29 is 17.6 Å². The van der Waals surface area contributed by atoms with E-state index in [1.807, 2.05) is 47.4 Å². The van der Waals surface area contributed by atoms with Gasteiger partial charge in [-0.05, 0) is 60.8 Å². The molecule has 8 heteroatoms. The first-order valence-electron chi connectivity index (χ1n) is 11.3. The van der Waals surface area contributed by atoms with Crippen molar-refractivity contribution in [3.63, 3.8) is 0 Å². The molecule has 0 bridgehead atoms. The number of rotatable bonds is 7. The van der Waals surface area contributed by atoms with Crippen LogP contribution in [0, 0.1) is 5.82 Å². The number of sulfonamides is 1. The second-order valence-corrected chi connectivity index (χ2v) is 10.3. The van der Waals surface area contributed by atoms with Crippen LogP contribution in [0.3, 0.4) is 0 Å². The molecule has 6 nitrogen and oxygen atoms in total. The average Bonchev–Trinajstić information content (AvgIpc) is 3.07. The zero-order chi connectivity index (χ0) is 24.0. The quantitative estimate of drug-likeness (QED) is 0.558. The number of benzene rings is 3. The largest absolute Gasteiger partial charge is 0.325 e. The Kier molecular flexibility index (Phi) is 7.72. The minimum absolute atomic E-state index is 0.0788. The number of hydrogen-bond donors (Lipinski definition) is 1. The van der Waals surface area contributed by atoms with Gasteiger partial charge in [-0.1, -0.05) is 48.5 Å². The lowest BCUT2D eigenvalue weighted by Gasteiger charge is -2.21. The molecule has 1 N–H and O–H groups in total. The summed E-state index contributed by atoms with van der Waals surface area (Å²) in [6.45, 7) is 1.88. The highest BCUT2D eigenvalue weighted by Crippen LogP contribution is 2.20. The number of nitrogens with zero attached hydrogens (tertiary/aromatic N) is 2. The van der Waals surface area contributed by atoms with Crippen LogP contribution in [0.25, 0.3) is 0 Å². The first-order valence-corrected chi connectivity index (χ1v) is 12.8. The maximum Gasteiger partial charge on any atom is 0.243 e. The smallest absolute Gasteiger partial charge is 0.243 e. The van der Waals surface area contributed by atoms with Crippen LogP contribution in [0.2, 0.25) is 0 Å². The molecule has 0 atom stereocenters. The van der Waals surface area contributed by atoms with Gasteiger partial charge in [-0.25, -0.2) is 12.8 Å². The molecular formula is C26H28FN3O3S. The summed E-state index contributed by atoms with van der Waals surface area (Å²) in [6, 6.07) is 22.7. The van der Waals surface area contributed by atoms with E-state index in [1.54, 1.807) is 0 Å². The van der Waals surface area contributed by atoms with E-state index in [0.29, 0.717) is 26.1 Å². The molecular weight excluding hydrogens is 453 g/mol. The van der Waals surface area contributed by atoms with Gasteiger partial charge in [0, 0.05) is 25.3 Å². The van der Waals surface area contributed by atoms with Crippen LogP contribution in [0.1, 0.15) is 17.5 Å². The molecule has 1 heterocycles. The molecule has 3 aromatic rings. The molecule has 3 aromatic carbocycles. The Morgan fingerprint density at radius 1 is 0.853 bits per heavy atom. The van der Waals surface area contributed by atoms with Gasteiger partial charge in [0.2, 0.25) is 15.9 Å². The van der Waals surface area contributed by atoms with Crippen molar-refractivity contribution in [2.24, 2.45) is 0 Å². The zero-order valence-electron chi connectivity index (χ0n) is 18.9. The predicted molar refractivity (Wildman–Crippen MR) is 131 cm³/mol. The van der Waals surface area contributed by atoms with Crippen LogP contribution in [-0.4, -0.2) is 56.3 Å². The highest BCUT2D eigenvalue weighted by atomic mass is 32.2. The van der Waals surface area contributed by atoms with Crippen LogP contribution in [0.4, 0.5) is 10.1 Å². The summed E-state index contributed by atoms with van der Waals surface area (Å²) in [4.78, 5) is 14.9. The second-order valence-electron chi connectivity index (χ2n) is 8.36. The lowest BCUT2D eigenvalue weighted by Crippen LogP contribution is -2.38. The molecule has 178 valence electrons. The van der Waals surface area contributed by atoms with Crippen LogP contribution in [0.5, 0.6) is 0 Å². The Bertz CT molecular complexity index is 1220. The highest BCUT2D eigenvalue weighted by molar-refractivity contribution is 7.89. The first kappa shape index (κ1) is 24.1. The predicted octanol–water partition coefficient (Wildman–Crippen LogP) is 3.75. The number of carbonyl (C=O) groups excluding carboxylic acids is 1. The fourth-order valence-corrected chi connectivity index (χ4v) is 5.58. The molecule has 0 radical (unpaired) electrons. The minimum Gasteiger partial charge on any atom is -0.325 e. The van der Waals surface area contributed by atoms with Gasteiger partial charge in [-0.2, -0.15) is 4.31 Å².